The summed E-state index contributed by atoms with van der Waals surface area (Å²) in [6.07, 6.45) is 7.70. The van der Waals surface area contributed by atoms with Gasteiger partial charge in [0.25, 0.3) is 0 Å². The average Bonchev–Trinajstić information content (AvgIpc) is 3.09. The summed E-state index contributed by atoms with van der Waals surface area (Å²) in [6.45, 7) is 0. The topological polar surface area (TPSA) is 0 Å². The van der Waals surface area contributed by atoms with Crippen LogP contribution in [0.15, 0.2) is 152 Å². The molecule has 1 atom stereocenters. The Hall–Kier alpha value is -2.77. The van der Waals surface area contributed by atoms with Crippen LogP contribution in [0.2, 0.25) is 0 Å². The third-order valence-corrected chi connectivity index (χ3v) is 16.0. The van der Waals surface area contributed by atoms with Crippen molar-refractivity contribution in [2.45, 2.75) is 48.9 Å². The van der Waals surface area contributed by atoms with E-state index in [4.69, 9.17) is 0 Å². The van der Waals surface area contributed by atoms with Crippen molar-refractivity contribution in [3.8, 4) is 0 Å². The monoisotopic (exact) mass is 620 g/mol. The molecule has 0 aliphatic carbocycles. The molecule has 1 unspecified atom stereocenters. The van der Waals surface area contributed by atoms with E-state index in [0.717, 1.165) is 11.5 Å². The van der Waals surface area contributed by atoms with E-state index in [0.29, 0.717) is 5.25 Å². The van der Waals surface area contributed by atoms with Gasteiger partial charge in [0.05, 0.1) is 0 Å². The van der Waals surface area contributed by atoms with E-state index in [1.165, 1.54) is 71.1 Å². The van der Waals surface area contributed by atoms with E-state index >= 15 is 0 Å². The van der Waals surface area contributed by atoms with Crippen molar-refractivity contribution in [3.63, 3.8) is 0 Å². The standard InChI is InChI=1S/C40H45PS2/c1-7-19-35(20-8-1)33-42-32-30-40(43-34-36-21-9-2-10-22-36)29-17-6-18-31-41(37-23-11-3-12-24-37,38-25-13-4-14-26-38)39-27-15-5-16-28-39/h1-5,7-16,19-28,40-41H,6,17-18,29-34H2. The molecule has 3 heteroatoms. The van der Waals surface area contributed by atoms with Crippen LogP contribution < -0.4 is 15.9 Å². The van der Waals surface area contributed by atoms with E-state index in [1.807, 2.05) is 0 Å². The Bertz CT molecular complexity index is 1330. The second kappa shape index (κ2) is 17.5. The van der Waals surface area contributed by atoms with Gasteiger partial charge in [0.15, 0.2) is 0 Å². The molecule has 0 saturated carbocycles. The zero-order valence-electron chi connectivity index (χ0n) is 25.2. The van der Waals surface area contributed by atoms with E-state index < -0.39 is 7.26 Å². The van der Waals surface area contributed by atoms with Gasteiger partial charge in [-0.1, -0.05) is 18.2 Å². The van der Waals surface area contributed by atoms with Gasteiger partial charge in [-0.25, -0.2) is 0 Å². The second-order valence-electron chi connectivity index (χ2n) is 11.3. The van der Waals surface area contributed by atoms with Crippen molar-refractivity contribution >= 4 is 46.7 Å². The third-order valence-electron chi connectivity index (χ3n) is 8.40. The number of thioether (sulfide) groups is 2. The molecule has 5 rings (SSSR count). The minimum absolute atomic E-state index is 0.711. The summed E-state index contributed by atoms with van der Waals surface area (Å²) in [7, 11) is -2.13. The smallest absolute Gasteiger partial charge is 0.0620 e. The molecular weight excluding hydrogens is 576 g/mol. The van der Waals surface area contributed by atoms with Gasteiger partial charge < -0.3 is 0 Å². The SMILES string of the molecule is c1ccc(CSCCC(CCCCC[PH](c2ccccc2)(c2ccccc2)c2ccccc2)SCc2ccccc2)cc1. The predicted molar refractivity (Wildman–Crippen MR) is 199 cm³/mol. The fraction of sp³-hybridized carbons (Fsp3) is 0.250. The fourth-order valence-corrected chi connectivity index (χ4v) is 13.5. The van der Waals surface area contributed by atoms with E-state index in [1.54, 1.807) is 0 Å². The number of benzene rings is 5. The quantitative estimate of drug-likeness (QED) is 0.0750. The Balaban J connectivity index is 1.22. The van der Waals surface area contributed by atoms with Gasteiger partial charge in [-0.15, -0.1) is 0 Å². The number of hydrogen-bond donors (Lipinski definition) is 0. The minimum atomic E-state index is -2.13. The molecule has 43 heavy (non-hydrogen) atoms. The zero-order valence-corrected chi connectivity index (χ0v) is 27.8. The Labute approximate surface area is 269 Å². The molecule has 0 aliphatic heterocycles. The molecule has 0 saturated heterocycles. The molecule has 0 nitrogen and oxygen atoms in total. The molecule has 222 valence electrons. The first-order valence-electron chi connectivity index (χ1n) is 15.8. The zero-order chi connectivity index (χ0) is 29.4. The summed E-state index contributed by atoms with van der Waals surface area (Å²) < 4.78 is 0. The van der Waals surface area contributed by atoms with Crippen LogP contribution in [0.25, 0.3) is 0 Å². The van der Waals surface area contributed by atoms with Crippen LogP contribution >= 0.6 is 30.8 Å². The summed E-state index contributed by atoms with van der Waals surface area (Å²) in [6, 6.07) is 56.1. The molecule has 0 fully saturated rings. The summed E-state index contributed by atoms with van der Waals surface area (Å²) in [4.78, 5) is 0. The van der Waals surface area contributed by atoms with Gasteiger partial charge in [0.1, 0.15) is 0 Å². The molecule has 5 aromatic carbocycles. The molecule has 0 bridgehead atoms. The molecule has 5 aromatic rings. The Morgan fingerprint density at radius 2 is 0.884 bits per heavy atom. The van der Waals surface area contributed by atoms with Crippen molar-refractivity contribution in [1.29, 1.82) is 0 Å². The van der Waals surface area contributed by atoms with Crippen LogP contribution in [0.1, 0.15) is 43.2 Å². The van der Waals surface area contributed by atoms with Crippen molar-refractivity contribution in [1.82, 2.24) is 0 Å². The third kappa shape index (κ3) is 9.36. The van der Waals surface area contributed by atoms with Gasteiger partial charge in [0, 0.05) is 0 Å². The van der Waals surface area contributed by atoms with Crippen LogP contribution in [0.5, 0.6) is 0 Å². The van der Waals surface area contributed by atoms with Crippen LogP contribution in [0, 0.1) is 0 Å². The van der Waals surface area contributed by atoms with Gasteiger partial charge in [-0.05, 0) is 0 Å². The maximum atomic E-state index is 2.38. The van der Waals surface area contributed by atoms with Crippen LogP contribution in [-0.2, 0) is 11.5 Å². The van der Waals surface area contributed by atoms with Crippen molar-refractivity contribution in [2.24, 2.45) is 0 Å². The van der Waals surface area contributed by atoms with Crippen LogP contribution in [-0.4, -0.2) is 17.2 Å². The minimum Gasteiger partial charge on any atom is -0.0620 e. The van der Waals surface area contributed by atoms with Crippen LogP contribution in [0.4, 0.5) is 0 Å². The first kappa shape index (κ1) is 31.6. The Kier molecular flexibility index (Phi) is 12.9. The van der Waals surface area contributed by atoms with E-state index in [9.17, 15) is 0 Å². The number of unbranched alkanes of at least 4 members (excludes halogenated alkanes) is 2. The first-order chi connectivity index (χ1) is 21.3. The van der Waals surface area contributed by atoms with Gasteiger partial charge in [-0.3, -0.25) is 0 Å². The fourth-order valence-electron chi connectivity index (χ4n) is 6.12. The summed E-state index contributed by atoms with van der Waals surface area (Å²) >= 11 is 4.26. The predicted octanol–water partition coefficient (Wildman–Crippen LogP) is 9.90. The van der Waals surface area contributed by atoms with Gasteiger partial charge in [0.2, 0.25) is 0 Å². The van der Waals surface area contributed by atoms with Crippen LogP contribution in [0.3, 0.4) is 0 Å². The van der Waals surface area contributed by atoms with Crippen molar-refractivity contribution < 1.29 is 0 Å². The van der Waals surface area contributed by atoms with Crippen molar-refractivity contribution in [2.75, 3.05) is 11.9 Å². The molecule has 0 aliphatic rings. The number of rotatable bonds is 17. The Morgan fingerprint density at radius 1 is 0.442 bits per heavy atom. The van der Waals surface area contributed by atoms with Crippen molar-refractivity contribution in [3.05, 3.63) is 163 Å². The first-order valence-corrected chi connectivity index (χ1v) is 20.2. The maximum absolute atomic E-state index is 2.38. The molecular formula is C40H45PS2. The summed E-state index contributed by atoms with van der Waals surface area (Å²) in [5.74, 6) is 3.45. The summed E-state index contributed by atoms with van der Waals surface area (Å²) in [5.41, 5.74) is 2.88. The van der Waals surface area contributed by atoms with Gasteiger partial charge >= 0.3 is 252 Å². The molecule has 0 heterocycles. The average molecular weight is 621 g/mol. The normalized spacial score (nSPS) is 12.6. The molecule has 0 radical (unpaired) electrons. The summed E-state index contributed by atoms with van der Waals surface area (Å²) in [5, 5.41) is 5.29. The molecule has 0 spiro atoms. The Morgan fingerprint density at radius 3 is 1.37 bits per heavy atom. The molecule has 0 N–H and O–H groups in total. The second-order valence-corrected chi connectivity index (χ2v) is 17.8. The molecule has 0 amide bonds. The number of hydrogen-bond acceptors (Lipinski definition) is 2. The van der Waals surface area contributed by atoms with E-state index in [2.05, 4.69) is 175 Å². The molecule has 0 aromatic heterocycles. The van der Waals surface area contributed by atoms with Gasteiger partial charge in [-0.2, -0.15) is 0 Å². The van der Waals surface area contributed by atoms with E-state index in [-0.39, 0.29) is 0 Å².